The van der Waals surface area contributed by atoms with E-state index in [9.17, 15) is 0 Å². The summed E-state index contributed by atoms with van der Waals surface area (Å²) in [5.74, 6) is 0.917. The van der Waals surface area contributed by atoms with Crippen molar-refractivity contribution in [2.75, 3.05) is 5.32 Å². The van der Waals surface area contributed by atoms with Crippen LogP contribution in [0.5, 0.6) is 0 Å². The zero-order valence-corrected chi connectivity index (χ0v) is 11.2. The minimum atomic E-state index is 0.194. The van der Waals surface area contributed by atoms with Gasteiger partial charge in [0.05, 0.1) is 17.1 Å². The smallest absolute Gasteiger partial charge is 0.208 e. The first-order chi connectivity index (χ1) is 9.83. The molecule has 4 rings (SSSR count). The lowest BCUT2D eigenvalue weighted by Crippen LogP contribution is -2.18. The predicted octanol–water partition coefficient (Wildman–Crippen LogP) is 3.96. The third kappa shape index (κ3) is 1.63. The van der Waals surface area contributed by atoms with Gasteiger partial charge in [-0.05, 0) is 30.7 Å². The van der Waals surface area contributed by atoms with Gasteiger partial charge >= 0.3 is 0 Å². The second-order valence-corrected chi connectivity index (χ2v) is 5.12. The van der Waals surface area contributed by atoms with Crippen molar-refractivity contribution in [3.8, 4) is 0 Å². The fourth-order valence-corrected chi connectivity index (χ4v) is 2.84. The molecular weight excluding hydrogens is 246 g/mol. The Labute approximate surface area is 117 Å². The van der Waals surface area contributed by atoms with E-state index in [1.807, 2.05) is 12.1 Å². The summed E-state index contributed by atoms with van der Waals surface area (Å²) in [6.45, 7) is 2.08. The van der Waals surface area contributed by atoms with Crippen LogP contribution in [0, 0.1) is 0 Å². The summed E-state index contributed by atoms with van der Waals surface area (Å²) in [4.78, 5) is 4.69. The van der Waals surface area contributed by atoms with E-state index in [0.717, 1.165) is 22.7 Å². The van der Waals surface area contributed by atoms with E-state index in [-0.39, 0.29) is 6.04 Å². The monoisotopic (exact) mass is 261 g/mol. The van der Waals surface area contributed by atoms with Gasteiger partial charge in [0.25, 0.3) is 0 Å². The topological polar surface area (TPSA) is 29.9 Å². The van der Waals surface area contributed by atoms with Crippen LogP contribution in [0.4, 0.5) is 5.95 Å². The molecule has 0 unspecified atom stereocenters. The molecule has 2 aromatic carbocycles. The van der Waals surface area contributed by atoms with Crippen LogP contribution < -0.4 is 5.32 Å². The van der Waals surface area contributed by atoms with Gasteiger partial charge in [0.15, 0.2) is 0 Å². The molecule has 1 N–H and O–H groups in total. The number of hydrogen-bond acceptors (Lipinski definition) is 2. The predicted molar refractivity (Wildman–Crippen MR) is 81.7 cm³/mol. The molecule has 98 valence electrons. The molecule has 0 fully saturated rings. The number of hydrogen-bond donors (Lipinski definition) is 1. The normalized spacial score (nSPS) is 17.4. The highest BCUT2D eigenvalue weighted by Gasteiger charge is 2.22. The van der Waals surface area contributed by atoms with E-state index < -0.39 is 0 Å². The first-order valence-electron chi connectivity index (χ1n) is 6.80. The molecule has 0 bridgehead atoms. The molecule has 0 radical (unpaired) electrons. The average Bonchev–Trinajstić information content (AvgIpc) is 2.85. The molecule has 3 nitrogen and oxygen atoms in total. The number of para-hydroxylation sites is 2. The second-order valence-electron chi connectivity index (χ2n) is 5.12. The largest absolute Gasteiger partial charge is 0.330 e. The van der Waals surface area contributed by atoms with E-state index in [1.165, 1.54) is 5.56 Å². The molecule has 1 aliphatic rings. The minimum Gasteiger partial charge on any atom is -0.330 e. The van der Waals surface area contributed by atoms with Crippen molar-refractivity contribution in [3.05, 3.63) is 71.9 Å². The van der Waals surface area contributed by atoms with Crippen LogP contribution in [0.2, 0.25) is 0 Å². The number of rotatable bonds is 1. The molecule has 0 amide bonds. The van der Waals surface area contributed by atoms with E-state index >= 15 is 0 Å². The summed E-state index contributed by atoms with van der Waals surface area (Å²) in [5.41, 5.74) is 4.60. The summed E-state index contributed by atoms with van der Waals surface area (Å²) in [6, 6.07) is 19.0. The van der Waals surface area contributed by atoms with Crippen LogP contribution in [0.25, 0.3) is 11.0 Å². The summed E-state index contributed by atoms with van der Waals surface area (Å²) in [5, 5.41) is 3.36. The minimum absolute atomic E-state index is 0.194. The number of nitrogens with zero attached hydrogens (tertiary/aromatic N) is 2. The lowest BCUT2D eigenvalue weighted by atomic mass is 10.0. The fraction of sp³-hybridized carbons (Fsp3) is 0.118. The molecule has 0 saturated heterocycles. The Morgan fingerprint density at radius 2 is 1.75 bits per heavy atom. The zero-order chi connectivity index (χ0) is 13.5. The molecule has 1 aliphatic heterocycles. The van der Waals surface area contributed by atoms with Crippen LogP contribution >= 0.6 is 0 Å². The van der Waals surface area contributed by atoms with E-state index in [4.69, 9.17) is 4.98 Å². The molecule has 0 saturated carbocycles. The molecule has 0 spiro atoms. The van der Waals surface area contributed by atoms with Crippen molar-refractivity contribution >= 4 is 17.0 Å². The third-order valence-electron chi connectivity index (χ3n) is 3.73. The van der Waals surface area contributed by atoms with Crippen LogP contribution in [0.15, 0.2) is 66.4 Å². The van der Waals surface area contributed by atoms with Gasteiger partial charge in [0.2, 0.25) is 5.95 Å². The van der Waals surface area contributed by atoms with Crippen LogP contribution in [-0.4, -0.2) is 9.55 Å². The fourth-order valence-electron chi connectivity index (χ4n) is 2.84. The van der Waals surface area contributed by atoms with Crippen molar-refractivity contribution in [3.63, 3.8) is 0 Å². The maximum absolute atomic E-state index is 4.69. The molecule has 3 aromatic rings. The van der Waals surface area contributed by atoms with Gasteiger partial charge in [-0.15, -0.1) is 0 Å². The second kappa shape index (κ2) is 4.23. The Morgan fingerprint density at radius 3 is 2.60 bits per heavy atom. The maximum atomic E-state index is 4.69. The first kappa shape index (κ1) is 11.3. The highest BCUT2D eigenvalue weighted by molar-refractivity contribution is 5.80. The number of imidazole rings is 1. The van der Waals surface area contributed by atoms with E-state index in [0.29, 0.717) is 0 Å². The average molecular weight is 261 g/mol. The number of anilines is 1. The van der Waals surface area contributed by atoms with E-state index in [2.05, 4.69) is 65.3 Å². The van der Waals surface area contributed by atoms with Gasteiger partial charge in [-0.1, -0.05) is 42.5 Å². The molecule has 0 aliphatic carbocycles. The van der Waals surface area contributed by atoms with Gasteiger partial charge in [-0.3, -0.25) is 4.57 Å². The molecule has 1 aromatic heterocycles. The van der Waals surface area contributed by atoms with Crippen molar-refractivity contribution in [1.29, 1.82) is 0 Å². The van der Waals surface area contributed by atoms with Crippen molar-refractivity contribution in [1.82, 2.24) is 9.55 Å². The van der Waals surface area contributed by atoms with Crippen LogP contribution in [0.1, 0.15) is 18.5 Å². The number of fused-ring (bicyclic) bond motifs is 3. The summed E-state index contributed by atoms with van der Waals surface area (Å²) >= 11 is 0. The summed E-state index contributed by atoms with van der Waals surface area (Å²) in [6.07, 6.45) is 2.25. The van der Waals surface area contributed by atoms with Crippen LogP contribution in [-0.2, 0) is 0 Å². The molecule has 3 heteroatoms. The Bertz CT molecular complexity index is 799. The lowest BCUT2D eigenvalue weighted by molar-refractivity contribution is 0.707. The Balaban J connectivity index is 1.98. The van der Waals surface area contributed by atoms with Crippen LogP contribution in [0.3, 0.4) is 0 Å². The molecule has 20 heavy (non-hydrogen) atoms. The summed E-state index contributed by atoms with van der Waals surface area (Å²) in [7, 11) is 0. The SMILES string of the molecule is CC1=C[C@@H](c2ccccc2)n2c(nc3ccccc32)N1. The highest BCUT2D eigenvalue weighted by atomic mass is 15.2. The van der Waals surface area contributed by atoms with Gasteiger partial charge in [0.1, 0.15) is 0 Å². The Morgan fingerprint density at radius 1 is 1.00 bits per heavy atom. The van der Waals surface area contributed by atoms with Gasteiger partial charge < -0.3 is 5.32 Å². The van der Waals surface area contributed by atoms with Gasteiger partial charge in [0, 0.05) is 5.70 Å². The first-order valence-corrected chi connectivity index (χ1v) is 6.80. The Hall–Kier alpha value is -2.55. The highest BCUT2D eigenvalue weighted by Crippen LogP contribution is 2.33. The molecular formula is C17H15N3. The summed E-state index contributed by atoms with van der Waals surface area (Å²) < 4.78 is 2.26. The van der Waals surface area contributed by atoms with Crippen molar-refractivity contribution < 1.29 is 0 Å². The van der Waals surface area contributed by atoms with Gasteiger partial charge in [-0.2, -0.15) is 0 Å². The third-order valence-corrected chi connectivity index (χ3v) is 3.73. The maximum Gasteiger partial charge on any atom is 0.208 e. The van der Waals surface area contributed by atoms with Crippen molar-refractivity contribution in [2.45, 2.75) is 13.0 Å². The number of aromatic nitrogens is 2. The van der Waals surface area contributed by atoms with E-state index in [1.54, 1.807) is 0 Å². The molecule has 1 atom stereocenters. The van der Waals surface area contributed by atoms with Crippen molar-refractivity contribution in [2.24, 2.45) is 0 Å². The lowest BCUT2D eigenvalue weighted by Gasteiger charge is -2.25. The Kier molecular flexibility index (Phi) is 2.39. The number of benzene rings is 2. The zero-order valence-electron chi connectivity index (χ0n) is 11.2. The quantitative estimate of drug-likeness (QED) is 0.718. The van der Waals surface area contributed by atoms with Gasteiger partial charge in [-0.25, -0.2) is 4.98 Å². The molecule has 2 heterocycles. The number of nitrogens with one attached hydrogen (secondary N) is 1. The number of allylic oxidation sites excluding steroid dienone is 2. The standard InChI is InChI=1S/C17H15N3/c1-12-11-16(13-7-3-2-4-8-13)20-15-10-6-5-9-14(15)19-17(20)18-12/h2-11,16H,1H3,(H,18,19)/t16-/m0/s1.